The van der Waals surface area contributed by atoms with E-state index in [1.165, 1.54) is 5.56 Å². The van der Waals surface area contributed by atoms with Gasteiger partial charge in [-0.2, -0.15) is 0 Å². The quantitative estimate of drug-likeness (QED) is 0.659. The van der Waals surface area contributed by atoms with Crippen molar-refractivity contribution in [3.05, 3.63) is 77.5 Å². The maximum absolute atomic E-state index is 6.19. The molecule has 124 valence electrons. The van der Waals surface area contributed by atoms with Gasteiger partial charge in [-0.15, -0.1) is 0 Å². The molecule has 0 saturated heterocycles. The molecule has 2 aromatic carbocycles. The molecule has 0 aliphatic heterocycles. The standard InChI is InChI=1S/C22H19B4N/c1-14-9-10-16(11-17(14)15-7-5-4-6-8-15)20-12-18(21(2,23)24)19(13-27-20)22(3,25)26/h4-13H,1-3H3. The summed E-state index contributed by atoms with van der Waals surface area (Å²) in [5, 5.41) is -2.16. The van der Waals surface area contributed by atoms with Crippen molar-refractivity contribution in [3.63, 3.8) is 0 Å². The summed E-state index contributed by atoms with van der Waals surface area (Å²) in [5.74, 6) is 0. The highest BCUT2D eigenvalue weighted by Crippen LogP contribution is 2.33. The first-order chi connectivity index (χ1) is 12.6. The molecule has 3 rings (SSSR count). The molecule has 0 aliphatic carbocycles. The van der Waals surface area contributed by atoms with Crippen LogP contribution in [0, 0.1) is 6.92 Å². The Labute approximate surface area is 167 Å². The Bertz CT molecular complexity index is 954. The Balaban J connectivity index is 2.15. The van der Waals surface area contributed by atoms with E-state index in [-0.39, 0.29) is 0 Å². The summed E-state index contributed by atoms with van der Waals surface area (Å²) in [6, 6.07) is 18.4. The largest absolute Gasteiger partial charge is 0.256 e. The molecule has 1 nitrogen and oxygen atoms in total. The van der Waals surface area contributed by atoms with Crippen molar-refractivity contribution in [3.8, 4) is 22.4 Å². The molecule has 0 saturated carbocycles. The number of pyridine rings is 1. The number of aryl methyl sites for hydroxylation is 1. The van der Waals surface area contributed by atoms with Crippen molar-refractivity contribution in [2.24, 2.45) is 0 Å². The summed E-state index contributed by atoms with van der Waals surface area (Å²) in [6.45, 7) is 5.53. The zero-order chi connectivity index (χ0) is 19.8. The molecular weight excluding hydrogens is 321 g/mol. The fourth-order valence-electron chi connectivity index (χ4n) is 3.20. The average molecular weight is 341 g/mol. The van der Waals surface area contributed by atoms with Crippen molar-refractivity contribution in [1.82, 2.24) is 4.98 Å². The number of nitrogens with zero attached hydrogens (tertiary/aromatic N) is 1. The monoisotopic (exact) mass is 341 g/mol. The summed E-state index contributed by atoms with van der Waals surface area (Å²) in [5.41, 5.74) is 6.58. The minimum atomic E-state index is -1.08. The molecule has 0 aliphatic rings. The summed E-state index contributed by atoms with van der Waals surface area (Å²) in [7, 11) is 24.5. The van der Waals surface area contributed by atoms with E-state index in [4.69, 9.17) is 31.4 Å². The van der Waals surface area contributed by atoms with Crippen molar-refractivity contribution in [2.45, 2.75) is 31.2 Å². The first-order valence-electron chi connectivity index (χ1n) is 8.90. The topological polar surface area (TPSA) is 12.9 Å². The second kappa shape index (κ2) is 7.11. The van der Waals surface area contributed by atoms with Crippen LogP contribution in [0.5, 0.6) is 0 Å². The van der Waals surface area contributed by atoms with Crippen molar-refractivity contribution < 1.29 is 0 Å². The predicted molar refractivity (Wildman–Crippen MR) is 118 cm³/mol. The lowest BCUT2D eigenvalue weighted by Crippen LogP contribution is -2.31. The minimum Gasteiger partial charge on any atom is -0.256 e. The van der Waals surface area contributed by atoms with Crippen LogP contribution in [0.15, 0.2) is 60.8 Å². The van der Waals surface area contributed by atoms with Crippen LogP contribution in [0.1, 0.15) is 30.5 Å². The van der Waals surface area contributed by atoms with Crippen LogP contribution < -0.4 is 0 Å². The molecule has 0 spiro atoms. The third-order valence-corrected chi connectivity index (χ3v) is 4.68. The maximum atomic E-state index is 6.19. The normalized spacial score (nSPS) is 12.1. The van der Waals surface area contributed by atoms with Gasteiger partial charge in [-0.05, 0) is 41.3 Å². The number of hydrogen-bond acceptors (Lipinski definition) is 1. The summed E-state index contributed by atoms with van der Waals surface area (Å²) >= 11 is 0. The number of aromatic nitrogens is 1. The van der Waals surface area contributed by atoms with Crippen molar-refractivity contribution in [1.29, 1.82) is 0 Å². The molecule has 27 heavy (non-hydrogen) atoms. The van der Waals surface area contributed by atoms with Gasteiger partial charge in [0.2, 0.25) is 0 Å². The Morgan fingerprint density at radius 1 is 0.741 bits per heavy atom. The second-order valence-electron chi connectivity index (χ2n) is 7.58. The molecule has 0 fully saturated rings. The molecule has 0 unspecified atom stereocenters. The molecule has 3 aromatic rings. The summed E-state index contributed by atoms with van der Waals surface area (Å²) < 4.78 is 0. The van der Waals surface area contributed by atoms with E-state index < -0.39 is 10.4 Å². The van der Waals surface area contributed by atoms with Gasteiger partial charge < -0.3 is 0 Å². The minimum absolute atomic E-state index is 0.633. The van der Waals surface area contributed by atoms with E-state index in [1.807, 2.05) is 30.3 Å². The van der Waals surface area contributed by atoms with Gasteiger partial charge in [-0.1, -0.05) is 72.3 Å². The third-order valence-electron chi connectivity index (χ3n) is 4.68. The first-order valence-corrected chi connectivity index (χ1v) is 8.90. The number of benzene rings is 2. The molecule has 0 N–H and O–H groups in total. The lowest BCUT2D eigenvalue weighted by atomic mass is 9.46. The lowest BCUT2D eigenvalue weighted by Gasteiger charge is -2.31. The SMILES string of the molecule is [B]C([B])(C)c1cnc(-c2ccc(C)c(-c3ccccc3)c2)cc1C([B])([B])C. The van der Waals surface area contributed by atoms with Crippen LogP contribution in [-0.2, 0) is 10.4 Å². The summed E-state index contributed by atoms with van der Waals surface area (Å²) in [4.78, 5) is 4.58. The molecule has 0 bridgehead atoms. The van der Waals surface area contributed by atoms with E-state index >= 15 is 0 Å². The molecule has 0 amide bonds. The van der Waals surface area contributed by atoms with E-state index in [0.717, 1.165) is 22.4 Å². The Kier molecular flexibility index (Phi) is 5.16. The fraction of sp³-hybridized carbons (Fsp3) is 0.227. The Hall–Kier alpha value is -2.15. The van der Waals surface area contributed by atoms with Crippen LogP contribution in [0.3, 0.4) is 0 Å². The Morgan fingerprint density at radius 3 is 1.96 bits per heavy atom. The molecule has 5 heteroatoms. The van der Waals surface area contributed by atoms with Crippen molar-refractivity contribution >= 4 is 31.4 Å². The average Bonchev–Trinajstić information content (AvgIpc) is 2.61. The smallest absolute Gasteiger partial charge is 0.0704 e. The van der Waals surface area contributed by atoms with Gasteiger partial charge in [0.1, 0.15) is 0 Å². The van der Waals surface area contributed by atoms with Gasteiger partial charge >= 0.3 is 0 Å². The number of rotatable bonds is 4. The van der Waals surface area contributed by atoms with Crippen LogP contribution in [0.2, 0.25) is 0 Å². The van der Waals surface area contributed by atoms with Gasteiger partial charge in [0, 0.05) is 11.8 Å². The van der Waals surface area contributed by atoms with Crippen LogP contribution >= 0.6 is 0 Å². The van der Waals surface area contributed by atoms with Gasteiger partial charge in [0.05, 0.1) is 37.1 Å². The second-order valence-corrected chi connectivity index (χ2v) is 7.58. The highest BCUT2D eigenvalue weighted by molar-refractivity contribution is 6.42. The zero-order valence-electron chi connectivity index (χ0n) is 16.0. The molecule has 8 radical (unpaired) electrons. The molecule has 1 aromatic heterocycles. The number of hydrogen-bond donors (Lipinski definition) is 0. The van der Waals surface area contributed by atoms with Gasteiger partial charge in [0.25, 0.3) is 0 Å². The van der Waals surface area contributed by atoms with Crippen LogP contribution in [0.4, 0.5) is 0 Å². The maximum Gasteiger partial charge on any atom is 0.0704 e. The van der Waals surface area contributed by atoms with Gasteiger partial charge in [0.15, 0.2) is 0 Å². The van der Waals surface area contributed by atoms with Crippen LogP contribution in [0.25, 0.3) is 22.4 Å². The third kappa shape index (κ3) is 4.24. The van der Waals surface area contributed by atoms with E-state index in [2.05, 4.69) is 36.2 Å². The highest BCUT2D eigenvalue weighted by Gasteiger charge is 2.25. The highest BCUT2D eigenvalue weighted by atomic mass is 14.7. The predicted octanol–water partition coefficient (Wildman–Crippen LogP) is 3.74. The molecular formula is C22H19B4N. The summed E-state index contributed by atoms with van der Waals surface area (Å²) in [6.07, 6.45) is 1.67. The van der Waals surface area contributed by atoms with E-state index in [1.54, 1.807) is 20.0 Å². The van der Waals surface area contributed by atoms with Gasteiger partial charge in [-0.3, -0.25) is 4.98 Å². The first kappa shape index (κ1) is 19.6. The molecule has 1 heterocycles. The molecule has 0 atom stereocenters. The zero-order valence-corrected chi connectivity index (χ0v) is 16.0. The van der Waals surface area contributed by atoms with Gasteiger partial charge in [-0.25, -0.2) is 0 Å². The fourth-order valence-corrected chi connectivity index (χ4v) is 3.20. The van der Waals surface area contributed by atoms with E-state index in [9.17, 15) is 0 Å². The van der Waals surface area contributed by atoms with E-state index in [0.29, 0.717) is 11.1 Å². The lowest BCUT2D eigenvalue weighted by molar-refractivity contribution is 0.869. The van der Waals surface area contributed by atoms with Crippen molar-refractivity contribution in [2.75, 3.05) is 0 Å². The Morgan fingerprint density at radius 2 is 1.37 bits per heavy atom. The van der Waals surface area contributed by atoms with Crippen LogP contribution in [-0.4, -0.2) is 36.4 Å².